The molecule has 1 aromatic heterocycles. The molecular formula is C31H30Cl2FN5O2. The molecule has 7 nitrogen and oxygen atoms in total. The highest BCUT2D eigenvalue weighted by molar-refractivity contribution is 6.42. The summed E-state index contributed by atoms with van der Waals surface area (Å²) in [4.78, 5) is 37.1. The van der Waals surface area contributed by atoms with Crippen molar-refractivity contribution in [2.45, 2.75) is 19.4 Å². The van der Waals surface area contributed by atoms with Gasteiger partial charge in [-0.15, -0.1) is 0 Å². The summed E-state index contributed by atoms with van der Waals surface area (Å²) in [7, 11) is 0. The van der Waals surface area contributed by atoms with Crippen molar-refractivity contribution in [3.05, 3.63) is 94.0 Å². The predicted molar refractivity (Wildman–Crippen MR) is 158 cm³/mol. The maximum atomic E-state index is 13.6. The van der Waals surface area contributed by atoms with Gasteiger partial charge in [-0.3, -0.25) is 19.1 Å². The van der Waals surface area contributed by atoms with Crippen molar-refractivity contribution in [2.24, 2.45) is 5.92 Å². The van der Waals surface area contributed by atoms with Gasteiger partial charge in [0.25, 0.3) is 5.91 Å². The van der Waals surface area contributed by atoms with Crippen molar-refractivity contribution in [2.75, 3.05) is 39.3 Å². The maximum absolute atomic E-state index is 13.6. The van der Waals surface area contributed by atoms with E-state index in [-0.39, 0.29) is 23.5 Å². The van der Waals surface area contributed by atoms with Crippen LogP contribution in [-0.2, 0) is 11.3 Å². The molecule has 10 heteroatoms. The van der Waals surface area contributed by atoms with E-state index in [1.54, 1.807) is 35.2 Å². The molecule has 2 fully saturated rings. The van der Waals surface area contributed by atoms with Crippen LogP contribution >= 0.6 is 23.2 Å². The van der Waals surface area contributed by atoms with Gasteiger partial charge in [0.05, 0.1) is 27.6 Å². The summed E-state index contributed by atoms with van der Waals surface area (Å²) < 4.78 is 15.7. The third kappa shape index (κ3) is 5.82. The number of piperazine rings is 1. The monoisotopic (exact) mass is 593 g/mol. The summed E-state index contributed by atoms with van der Waals surface area (Å²) in [6.07, 6.45) is 1.55. The molecule has 41 heavy (non-hydrogen) atoms. The topological polar surface area (TPSA) is 61.7 Å². The van der Waals surface area contributed by atoms with Crippen LogP contribution in [0, 0.1) is 11.7 Å². The smallest absolute Gasteiger partial charge is 0.254 e. The number of para-hydroxylation sites is 2. The summed E-state index contributed by atoms with van der Waals surface area (Å²) in [5, 5.41) is 0.765. The van der Waals surface area contributed by atoms with E-state index in [0.717, 1.165) is 48.5 Å². The van der Waals surface area contributed by atoms with Gasteiger partial charge in [0, 0.05) is 43.3 Å². The van der Waals surface area contributed by atoms with Crippen LogP contribution in [0.25, 0.3) is 16.7 Å². The molecule has 6 rings (SSSR count). The number of likely N-dealkylation sites (tertiary alicyclic amines) is 1. The molecule has 0 aliphatic carbocycles. The summed E-state index contributed by atoms with van der Waals surface area (Å²) in [6.45, 7) is 4.24. The van der Waals surface area contributed by atoms with Crippen molar-refractivity contribution < 1.29 is 14.0 Å². The van der Waals surface area contributed by atoms with E-state index >= 15 is 0 Å². The maximum Gasteiger partial charge on any atom is 0.254 e. The van der Waals surface area contributed by atoms with Gasteiger partial charge in [0.15, 0.2) is 0 Å². The normalized spacial score (nSPS) is 16.9. The zero-order valence-electron chi connectivity index (χ0n) is 22.5. The molecule has 3 aromatic carbocycles. The number of hydrogen-bond donors (Lipinski definition) is 0. The molecule has 0 unspecified atom stereocenters. The van der Waals surface area contributed by atoms with Crippen LogP contribution in [0.2, 0.25) is 10.0 Å². The van der Waals surface area contributed by atoms with Crippen molar-refractivity contribution >= 4 is 46.0 Å². The molecule has 0 spiro atoms. The third-order valence-electron chi connectivity index (χ3n) is 8.06. The number of piperidine rings is 1. The lowest BCUT2D eigenvalue weighted by molar-refractivity contribution is -0.138. The van der Waals surface area contributed by atoms with Crippen molar-refractivity contribution in [3.8, 4) is 5.69 Å². The second kappa shape index (κ2) is 11.8. The first-order valence-corrected chi connectivity index (χ1v) is 14.6. The minimum Gasteiger partial charge on any atom is -0.339 e. The zero-order chi connectivity index (χ0) is 28.5. The largest absolute Gasteiger partial charge is 0.339 e. The van der Waals surface area contributed by atoms with E-state index in [4.69, 9.17) is 28.2 Å². The minimum absolute atomic E-state index is 0.0283. The first kappa shape index (κ1) is 27.7. The van der Waals surface area contributed by atoms with Gasteiger partial charge < -0.3 is 9.80 Å². The number of carbonyl (C=O) groups excluding carboxylic acids is 2. The fourth-order valence-corrected chi connectivity index (χ4v) is 6.10. The molecule has 0 N–H and O–H groups in total. The van der Waals surface area contributed by atoms with E-state index < -0.39 is 0 Å². The number of nitrogens with zero attached hydrogens (tertiary/aromatic N) is 5. The van der Waals surface area contributed by atoms with Gasteiger partial charge in [-0.1, -0.05) is 35.3 Å². The van der Waals surface area contributed by atoms with E-state index in [1.165, 1.54) is 12.1 Å². The summed E-state index contributed by atoms with van der Waals surface area (Å²) in [5.41, 5.74) is 3.25. The Labute approximate surface area is 248 Å². The zero-order valence-corrected chi connectivity index (χ0v) is 24.0. The molecule has 0 radical (unpaired) electrons. The van der Waals surface area contributed by atoms with Crippen LogP contribution in [0.5, 0.6) is 0 Å². The van der Waals surface area contributed by atoms with Crippen LogP contribution in [0.15, 0.2) is 66.7 Å². The fraction of sp³-hybridized carbons (Fsp3) is 0.323. The Balaban J connectivity index is 1.05. The number of imidazole rings is 1. The van der Waals surface area contributed by atoms with Gasteiger partial charge >= 0.3 is 0 Å². The Morgan fingerprint density at radius 1 is 0.829 bits per heavy atom. The number of aromatic nitrogens is 2. The van der Waals surface area contributed by atoms with E-state index in [2.05, 4.69) is 9.47 Å². The van der Waals surface area contributed by atoms with Crippen LogP contribution in [0.3, 0.4) is 0 Å². The van der Waals surface area contributed by atoms with E-state index in [1.807, 2.05) is 29.2 Å². The number of halogens is 3. The highest BCUT2D eigenvalue weighted by Gasteiger charge is 2.32. The van der Waals surface area contributed by atoms with Crippen LogP contribution in [0.4, 0.5) is 4.39 Å². The number of fused-ring (bicyclic) bond motifs is 1. The van der Waals surface area contributed by atoms with Crippen LogP contribution < -0.4 is 0 Å². The lowest BCUT2D eigenvalue weighted by Crippen LogP contribution is -2.53. The van der Waals surface area contributed by atoms with Crippen molar-refractivity contribution in [1.29, 1.82) is 0 Å². The Kier molecular flexibility index (Phi) is 7.97. The standard InChI is InChI=1S/C31H30Cl2FN5O2/c32-25-10-5-22(19-26(25)33)31(41)38-17-15-37(16-18-38)30(40)21-11-13-36(14-12-21)20-29-35-27-3-1-2-4-28(27)39(29)24-8-6-23(34)7-9-24/h1-10,19,21H,11-18,20H2. The summed E-state index contributed by atoms with van der Waals surface area (Å²) >= 11 is 12.1. The number of rotatable bonds is 5. The molecule has 2 saturated heterocycles. The highest BCUT2D eigenvalue weighted by atomic mass is 35.5. The first-order valence-electron chi connectivity index (χ1n) is 13.8. The van der Waals surface area contributed by atoms with Gasteiger partial charge in [0.2, 0.25) is 5.91 Å². The molecule has 2 amide bonds. The number of carbonyl (C=O) groups is 2. The lowest BCUT2D eigenvalue weighted by atomic mass is 9.95. The van der Waals surface area contributed by atoms with Gasteiger partial charge in [0.1, 0.15) is 11.6 Å². The Morgan fingerprint density at radius 3 is 2.22 bits per heavy atom. The van der Waals surface area contributed by atoms with Gasteiger partial charge in [-0.05, 0) is 80.5 Å². The highest BCUT2D eigenvalue weighted by Crippen LogP contribution is 2.27. The number of hydrogen-bond acceptors (Lipinski definition) is 4. The Morgan fingerprint density at radius 2 is 1.51 bits per heavy atom. The minimum atomic E-state index is -0.272. The Hall–Kier alpha value is -3.46. The van der Waals surface area contributed by atoms with E-state index in [9.17, 15) is 14.0 Å². The van der Waals surface area contributed by atoms with Crippen molar-refractivity contribution in [3.63, 3.8) is 0 Å². The molecule has 212 valence electrons. The molecule has 4 aromatic rings. The molecular weight excluding hydrogens is 564 g/mol. The molecule has 3 heterocycles. The van der Waals surface area contributed by atoms with E-state index in [0.29, 0.717) is 48.3 Å². The van der Waals surface area contributed by atoms with Crippen LogP contribution in [0.1, 0.15) is 29.0 Å². The van der Waals surface area contributed by atoms with Gasteiger partial charge in [-0.2, -0.15) is 0 Å². The second-order valence-corrected chi connectivity index (χ2v) is 11.4. The van der Waals surface area contributed by atoms with Gasteiger partial charge in [-0.25, -0.2) is 9.37 Å². The number of benzene rings is 3. The average Bonchev–Trinajstić information content (AvgIpc) is 3.36. The molecule has 0 saturated carbocycles. The second-order valence-electron chi connectivity index (χ2n) is 10.6. The lowest BCUT2D eigenvalue weighted by Gasteiger charge is -2.38. The molecule has 0 bridgehead atoms. The third-order valence-corrected chi connectivity index (χ3v) is 8.80. The van der Waals surface area contributed by atoms with Crippen LogP contribution in [-0.4, -0.2) is 75.3 Å². The molecule has 2 aliphatic heterocycles. The summed E-state index contributed by atoms with van der Waals surface area (Å²) in [6, 6.07) is 19.3. The molecule has 0 atom stereocenters. The number of amides is 2. The SMILES string of the molecule is O=C(c1ccc(Cl)c(Cl)c1)N1CCN(C(=O)C2CCN(Cc3nc4ccccc4n3-c3ccc(F)cc3)CC2)CC1. The van der Waals surface area contributed by atoms with Crippen molar-refractivity contribution in [1.82, 2.24) is 24.3 Å². The Bertz CT molecular complexity index is 1580. The summed E-state index contributed by atoms with van der Waals surface area (Å²) in [5.74, 6) is 0.663. The molecule has 2 aliphatic rings. The average molecular weight is 595 g/mol. The quantitative estimate of drug-likeness (QED) is 0.299. The predicted octanol–water partition coefficient (Wildman–Crippen LogP) is 5.67. The first-order chi connectivity index (χ1) is 19.9. The fourth-order valence-electron chi connectivity index (χ4n) is 5.80.